The van der Waals surface area contributed by atoms with Gasteiger partial charge in [0.25, 0.3) is 0 Å². The van der Waals surface area contributed by atoms with Crippen molar-refractivity contribution in [2.24, 2.45) is 5.73 Å². The Morgan fingerprint density at radius 1 is 0.759 bits per heavy atom. The molecule has 0 aromatic heterocycles. The van der Waals surface area contributed by atoms with E-state index >= 15 is 0 Å². The summed E-state index contributed by atoms with van der Waals surface area (Å²) >= 11 is 0. The predicted molar refractivity (Wildman–Crippen MR) is 127 cm³/mol. The van der Waals surface area contributed by atoms with E-state index in [0.29, 0.717) is 32.0 Å². The van der Waals surface area contributed by atoms with Crippen molar-refractivity contribution in [2.45, 2.75) is 135 Å². The molecule has 0 aromatic carbocycles. The van der Waals surface area contributed by atoms with Crippen LogP contribution in [-0.4, -0.2) is 53.0 Å². The molecule has 0 aliphatic rings. The Balaban J connectivity index is 3.74. The Bertz CT molecular complexity index is 328. The second kappa shape index (κ2) is 21.1. The van der Waals surface area contributed by atoms with Gasteiger partial charge in [0.15, 0.2) is 0 Å². The van der Waals surface area contributed by atoms with Crippen LogP contribution in [0.3, 0.4) is 0 Å². The maximum atomic E-state index is 9.99. The van der Waals surface area contributed by atoms with E-state index in [9.17, 15) is 10.2 Å². The highest BCUT2D eigenvalue weighted by Crippen LogP contribution is 2.15. The molecule has 0 aromatic rings. The smallest absolute Gasteiger partial charge is 0.0674 e. The van der Waals surface area contributed by atoms with Crippen LogP contribution < -0.4 is 5.73 Å². The molecule has 4 N–H and O–H groups in total. The van der Waals surface area contributed by atoms with Crippen LogP contribution in [0.4, 0.5) is 0 Å². The highest BCUT2D eigenvalue weighted by molar-refractivity contribution is 4.73. The number of nitrogens with two attached hydrogens (primary N) is 1. The molecule has 1 radical (unpaired) electrons. The first kappa shape index (κ1) is 28.8. The fourth-order valence-corrected chi connectivity index (χ4v) is 3.93. The lowest BCUT2D eigenvalue weighted by Gasteiger charge is -2.31. The van der Waals surface area contributed by atoms with Crippen molar-refractivity contribution >= 4 is 0 Å². The standard InChI is InChI=1S/C25H53N2O2/c1-4-6-7-8-9-10-11-12-13-14-15-16-17-18-23(3)27(22-24(28)5-2)20-19-25(29)21-26/h23-25,28-29H,2,4-22,26H2,1,3H3. The Morgan fingerprint density at radius 2 is 1.24 bits per heavy atom. The molecule has 4 nitrogen and oxygen atoms in total. The summed E-state index contributed by atoms with van der Waals surface area (Å²) < 4.78 is 0. The van der Waals surface area contributed by atoms with Crippen LogP contribution in [0, 0.1) is 6.92 Å². The van der Waals surface area contributed by atoms with Crippen molar-refractivity contribution in [2.75, 3.05) is 19.6 Å². The highest BCUT2D eigenvalue weighted by atomic mass is 16.3. The molecule has 0 amide bonds. The van der Waals surface area contributed by atoms with E-state index < -0.39 is 6.10 Å². The van der Waals surface area contributed by atoms with E-state index in [0.717, 1.165) is 13.0 Å². The SMILES string of the molecule is [CH2]CC(O)CN(CCC(O)CN)C(C)CCCCCCCCCCCCCCC. The minimum absolute atomic E-state index is 0.305. The number of hydrogen-bond acceptors (Lipinski definition) is 4. The molecule has 0 fully saturated rings. The molecular formula is C25H53N2O2. The van der Waals surface area contributed by atoms with Crippen LogP contribution in [0.25, 0.3) is 0 Å². The molecule has 0 saturated heterocycles. The zero-order valence-corrected chi connectivity index (χ0v) is 19.8. The van der Waals surface area contributed by atoms with Gasteiger partial charge in [-0.3, -0.25) is 4.90 Å². The summed E-state index contributed by atoms with van der Waals surface area (Å²) in [6.45, 7) is 10.1. The van der Waals surface area contributed by atoms with Gasteiger partial charge in [-0.05, 0) is 26.2 Å². The maximum Gasteiger partial charge on any atom is 0.0674 e. The van der Waals surface area contributed by atoms with Crippen molar-refractivity contribution in [3.8, 4) is 0 Å². The van der Waals surface area contributed by atoms with Crippen molar-refractivity contribution in [3.63, 3.8) is 0 Å². The average Bonchev–Trinajstić information content (AvgIpc) is 2.73. The van der Waals surface area contributed by atoms with Gasteiger partial charge in [-0.2, -0.15) is 0 Å². The maximum absolute atomic E-state index is 9.99. The summed E-state index contributed by atoms with van der Waals surface area (Å²) in [7, 11) is 0. The zero-order chi connectivity index (χ0) is 21.7. The predicted octanol–water partition coefficient (Wildman–Crippen LogP) is 5.45. The van der Waals surface area contributed by atoms with E-state index in [2.05, 4.69) is 25.7 Å². The Hall–Kier alpha value is -0.160. The van der Waals surface area contributed by atoms with Crippen molar-refractivity contribution in [1.82, 2.24) is 4.90 Å². The van der Waals surface area contributed by atoms with E-state index in [-0.39, 0.29) is 6.10 Å². The zero-order valence-electron chi connectivity index (χ0n) is 19.8. The van der Waals surface area contributed by atoms with Gasteiger partial charge in [0, 0.05) is 25.7 Å². The van der Waals surface area contributed by atoms with Crippen LogP contribution in [-0.2, 0) is 0 Å². The molecule has 0 bridgehead atoms. The molecule has 0 saturated carbocycles. The lowest BCUT2D eigenvalue weighted by molar-refractivity contribution is 0.0732. The lowest BCUT2D eigenvalue weighted by atomic mass is 10.0. The minimum atomic E-state index is -0.446. The van der Waals surface area contributed by atoms with Gasteiger partial charge in [-0.15, -0.1) is 0 Å². The van der Waals surface area contributed by atoms with E-state index in [1.165, 1.54) is 83.5 Å². The van der Waals surface area contributed by atoms with Crippen molar-refractivity contribution < 1.29 is 10.2 Å². The second-order valence-electron chi connectivity index (χ2n) is 9.00. The second-order valence-corrected chi connectivity index (χ2v) is 9.00. The summed E-state index contributed by atoms with van der Waals surface area (Å²) in [6, 6.07) is 0.425. The first-order valence-electron chi connectivity index (χ1n) is 12.6. The molecule has 3 atom stereocenters. The summed E-state index contributed by atoms with van der Waals surface area (Å²) in [5, 5.41) is 19.7. The number of unbranched alkanes of at least 4 members (excludes halogenated alkanes) is 12. The van der Waals surface area contributed by atoms with Crippen LogP contribution >= 0.6 is 0 Å². The van der Waals surface area contributed by atoms with Gasteiger partial charge >= 0.3 is 0 Å². The first-order valence-corrected chi connectivity index (χ1v) is 12.6. The molecule has 0 aliphatic heterocycles. The number of hydrogen-bond donors (Lipinski definition) is 3. The van der Waals surface area contributed by atoms with Gasteiger partial charge in [0.2, 0.25) is 0 Å². The van der Waals surface area contributed by atoms with Crippen molar-refractivity contribution in [1.29, 1.82) is 0 Å². The van der Waals surface area contributed by atoms with Gasteiger partial charge in [-0.25, -0.2) is 0 Å². The first-order chi connectivity index (χ1) is 14.0. The third-order valence-electron chi connectivity index (χ3n) is 6.15. The largest absolute Gasteiger partial charge is 0.392 e. The number of aliphatic hydroxyl groups excluding tert-OH is 2. The molecule has 0 aliphatic carbocycles. The molecule has 3 unspecified atom stereocenters. The summed E-state index contributed by atoms with van der Waals surface area (Å²) in [5.74, 6) is 0. The van der Waals surface area contributed by atoms with Crippen LogP contribution in [0.2, 0.25) is 0 Å². The molecule has 0 spiro atoms. The van der Waals surface area contributed by atoms with Crippen LogP contribution in [0.5, 0.6) is 0 Å². The van der Waals surface area contributed by atoms with E-state index in [1.807, 2.05) is 0 Å². The monoisotopic (exact) mass is 413 g/mol. The Morgan fingerprint density at radius 3 is 1.69 bits per heavy atom. The molecule has 29 heavy (non-hydrogen) atoms. The fraction of sp³-hybridized carbons (Fsp3) is 0.960. The van der Waals surface area contributed by atoms with Gasteiger partial charge in [0.1, 0.15) is 0 Å². The molecular weight excluding hydrogens is 360 g/mol. The number of nitrogens with zero attached hydrogens (tertiary/aromatic N) is 1. The highest BCUT2D eigenvalue weighted by Gasteiger charge is 2.17. The van der Waals surface area contributed by atoms with Crippen molar-refractivity contribution in [3.05, 3.63) is 6.92 Å². The van der Waals surface area contributed by atoms with E-state index in [4.69, 9.17) is 5.73 Å². The Kier molecular flexibility index (Phi) is 21.0. The topological polar surface area (TPSA) is 69.7 Å². The quantitative estimate of drug-likeness (QED) is 0.206. The molecule has 4 heteroatoms. The van der Waals surface area contributed by atoms with Gasteiger partial charge in [0.05, 0.1) is 12.2 Å². The van der Waals surface area contributed by atoms with E-state index in [1.54, 1.807) is 0 Å². The third-order valence-corrected chi connectivity index (χ3v) is 6.15. The minimum Gasteiger partial charge on any atom is -0.392 e. The normalized spacial score (nSPS) is 15.0. The summed E-state index contributed by atoms with van der Waals surface area (Å²) in [4.78, 5) is 2.30. The number of aliphatic hydroxyl groups is 2. The van der Waals surface area contributed by atoms with Gasteiger partial charge in [-0.1, -0.05) is 97.3 Å². The fourth-order valence-electron chi connectivity index (χ4n) is 3.93. The Labute approximate surface area is 182 Å². The average molecular weight is 414 g/mol. The lowest BCUT2D eigenvalue weighted by Crippen LogP contribution is -2.41. The summed E-state index contributed by atoms with van der Waals surface area (Å²) in [6.07, 6.45) is 19.5. The molecule has 0 rings (SSSR count). The molecule has 0 heterocycles. The molecule has 175 valence electrons. The van der Waals surface area contributed by atoms with Crippen LogP contribution in [0.1, 0.15) is 117 Å². The third kappa shape index (κ3) is 18.3. The van der Waals surface area contributed by atoms with Gasteiger partial charge < -0.3 is 15.9 Å². The van der Waals surface area contributed by atoms with Crippen LogP contribution in [0.15, 0.2) is 0 Å². The summed E-state index contributed by atoms with van der Waals surface area (Å²) in [5.41, 5.74) is 5.52. The number of rotatable bonds is 22.